The summed E-state index contributed by atoms with van der Waals surface area (Å²) < 4.78 is 17.7. The van der Waals surface area contributed by atoms with Crippen LogP contribution in [-0.4, -0.2) is 54.9 Å². The number of aryl methyl sites for hydroxylation is 1. The fraction of sp³-hybridized carbons (Fsp3) is 0.419. The van der Waals surface area contributed by atoms with Crippen LogP contribution in [0.2, 0.25) is 0 Å². The van der Waals surface area contributed by atoms with Gasteiger partial charge in [-0.2, -0.15) is 0 Å². The van der Waals surface area contributed by atoms with Crippen molar-refractivity contribution in [2.24, 2.45) is 0 Å². The molecule has 3 aromatic rings. The number of pyridine rings is 1. The summed E-state index contributed by atoms with van der Waals surface area (Å²) in [5, 5.41) is 0. The van der Waals surface area contributed by atoms with Gasteiger partial charge in [-0.1, -0.05) is 15.9 Å². The molecule has 0 radical (unpaired) electrons. The van der Waals surface area contributed by atoms with Crippen LogP contribution in [0.15, 0.2) is 59.2 Å². The van der Waals surface area contributed by atoms with Crippen LogP contribution >= 0.6 is 15.9 Å². The van der Waals surface area contributed by atoms with Crippen molar-refractivity contribution in [2.75, 3.05) is 32.2 Å². The van der Waals surface area contributed by atoms with Gasteiger partial charge in [0.25, 0.3) is 0 Å². The molecule has 1 aliphatic rings. The first kappa shape index (κ1) is 28.7. The number of nitrogens with zero attached hydrogens (tertiary/aromatic N) is 3. The Morgan fingerprint density at radius 2 is 1.74 bits per heavy atom. The number of benzene rings is 2. The topological polar surface area (TPSA) is 64.1 Å². The first-order valence-corrected chi connectivity index (χ1v) is 14.1. The second-order valence-corrected chi connectivity index (χ2v) is 11.8. The molecule has 8 heteroatoms. The van der Waals surface area contributed by atoms with E-state index in [4.69, 9.17) is 14.2 Å². The summed E-state index contributed by atoms with van der Waals surface area (Å²) in [4.78, 5) is 21.6. The summed E-state index contributed by atoms with van der Waals surface area (Å²) in [6.45, 7) is 9.77. The van der Waals surface area contributed by atoms with E-state index in [0.717, 1.165) is 57.7 Å². The van der Waals surface area contributed by atoms with Gasteiger partial charge in [-0.15, -0.1) is 0 Å². The Labute approximate surface area is 240 Å². The molecular formula is C31H38BrN3O4. The van der Waals surface area contributed by atoms with Crippen LogP contribution in [0.5, 0.6) is 11.5 Å². The number of carbonyl (C=O) groups is 1. The molecule has 1 aromatic heterocycles. The van der Waals surface area contributed by atoms with Crippen molar-refractivity contribution in [2.45, 2.75) is 58.7 Å². The third-order valence-electron chi connectivity index (χ3n) is 6.85. The maximum absolute atomic E-state index is 12.6. The van der Waals surface area contributed by atoms with Gasteiger partial charge in [0.1, 0.15) is 5.60 Å². The zero-order chi connectivity index (χ0) is 28.2. The number of piperidine rings is 1. The summed E-state index contributed by atoms with van der Waals surface area (Å²) >= 11 is 3.56. The van der Waals surface area contributed by atoms with E-state index in [9.17, 15) is 4.79 Å². The SMILES string of the molecule is COc1cc(-c2cc(CN(c3ccc(Br)cc3)C3CCN(C(=O)OC(C)(C)C)CC3)ccn2)cc(C)c1OC. The number of rotatable bonds is 7. The van der Waals surface area contributed by atoms with Crippen LogP contribution in [0.3, 0.4) is 0 Å². The van der Waals surface area contributed by atoms with E-state index in [1.54, 1.807) is 14.2 Å². The number of halogens is 1. The van der Waals surface area contributed by atoms with Crippen molar-refractivity contribution < 1.29 is 19.0 Å². The third kappa shape index (κ3) is 7.24. The van der Waals surface area contributed by atoms with Gasteiger partial charge in [0.15, 0.2) is 11.5 Å². The molecule has 1 amide bonds. The van der Waals surface area contributed by atoms with Crippen LogP contribution in [-0.2, 0) is 11.3 Å². The number of amides is 1. The smallest absolute Gasteiger partial charge is 0.410 e. The minimum atomic E-state index is -0.497. The van der Waals surface area contributed by atoms with E-state index >= 15 is 0 Å². The van der Waals surface area contributed by atoms with E-state index in [1.165, 1.54) is 0 Å². The Balaban J connectivity index is 1.57. The summed E-state index contributed by atoms with van der Waals surface area (Å²) in [5.74, 6) is 1.42. The Hall–Kier alpha value is -3.26. The molecule has 2 aromatic carbocycles. The lowest BCUT2D eigenvalue weighted by Crippen LogP contribution is -2.48. The van der Waals surface area contributed by atoms with Crippen molar-refractivity contribution in [1.82, 2.24) is 9.88 Å². The average molecular weight is 597 g/mol. The van der Waals surface area contributed by atoms with Gasteiger partial charge in [0, 0.05) is 47.6 Å². The maximum atomic E-state index is 12.6. The lowest BCUT2D eigenvalue weighted by Gasteiger charge is -2.40. The Kier molecular flexibility index (Phi) is 9.05. The van der Waals surface area contributed by atoms with Gasteiger partial charge in [-0.3, -0.25) is 4.98 Å². The van der Waals surface area contributed by atoms with Crippen molar-refractivity contribution in [1.29, 1.82) is 0 Å². The molecule has 1 saturated heterocycles. The number of likely N-dealkylation sites (tertiary alicyclic amines) is 1. The molecule has 1 fully saturated rings. The Bertz CT molecular complexity index is 1280. The molecule has 0 atom stereocenters. The average Bonchev–Trinajstić information content (AvgIpc) is 2.91. The zero-order valence-corrected chi connectivity index (χ0v) is 25.2. The van der Waals surface area contributed by atoms with Crippen molar-refractivity contribution >= 4 is 27.7 Å². The summed E-state index contributed by atoms with van der Waals surface area (Å²) in [7, 11) is 3.30. The predicted molar refractivity (Wildman–Crippen MR) is 159 cm³/mol. The first-order valence-electron chi connectivity index (χ1n) is 13.3. The number of hydrogen-bond acceptors (Lipinski definition) is 6. The number of carbonyl (C=O) groups excluding carboxylic acids is 1. The van der Waals surface area contributed by atoms with Gasteiger partial charge >= 0.3 is 6.09 Å². The van der Waals surface area contributed by atoms with Crippen LogP contribution in [0.25, 0.3) is 11.3 Å². The molecule has 0 spiro atoms. The monoisotopic (exact) mass is 595 g/mol. The number of anilines is 1. The zero-order valence-electron chi connectivity index (χ0n) is 23.7. The predicted octanol–water partition coefficient (Wildman–Crippen LogP) is 7.24. The molecule has 1 aliphatic heterocycles. The van der Waals surface area contributed by atoms with Gasteiger partial charge in [0.05, 0.1) is 19.9 Å². The van der Waals surface area contributed by atoms with Crippen LogP contribution in [0, 0.1) is 6.92 Å². The van der Waals surface area contributed by atoms with E-state index in [1.807, 2.05) is 44.9 Å². The summed E-state index contributed by atoms with van der Waals surface area (Å²) in [6, 6.07) is 17.0. The second kappa shape index (κ2) is 12.3. The number of aromatic nitrogens is 1. The van der Waals surface area contributed by atoms with E-state index in [-0.39, 0.29) is 12.1 Å². The maximum Gasteiger partial charge on any atom is 0.410 e. The van der Waals surface area contributed by atoms with Crippen LogP contribution in [0.1, 0.15) is 44.7 Å². The molecule has 0 bridgehead atoms. The molecule has 0 aliphatic carbocycles. The quantitative estimate of drug-likeness (QED) is 0.287. The first-order chi connectivity index (χ1) is 18.6. The van der Waals surface area contributed by atoms with Crippen molar-refractivity contribution in [3.63, 3.8) is 0 Å². The normalized spacial score (nSPS) is 14.2. The standard InChI is InChI=1S/C31H38BrN3O4/c1-21-17-23(19-28(37-5)29(21)38-6)27-18-22(11-14-33-27)20-35(25-9-7-24(32)8-10-25)26-12-15-34(16-13-26)30(36)39-31(2,3)4/h7-11,14,17-19,26H,12-13,15-16,20H2,1-6H3. The summed E-state index contributed by atoms with van der Waals surface area (Å²) in [6.07, 6.45) is 3.35. The molecule has 7 nitrogen and oxygen atoms in total. The second-order valence-electron chi connectivity index (χ2n) is 10.9. The fourth-order valence-corrected chi connectivity index (χ4v) is 5.24. The van der Waals surface area contributed by atoms with Crippen molar-refractivity contribution in [3.8, 4) is 22.8 Å². The largest absolute Gasteiger partial charge is 0.493 e. The van der Waals surface area contributed by atoms with Crippen LogP contribution < -0.4 is 14.4 Å². The highest BCUT2D eigenvalue weighted by Crippen LogP contribution is 2.36. The van der Waals surface area contributed by atoms with Crippen molar-refractivity contribution in [3.05, 3.63) is 70.3 Å². The van der Waals surface area contributed by atoms with Gasteiger partial charge in [0.2, 0.25) is 0 Å². The van der Waals surface area contributed by atoms with E-state index in [2.05, 4.69) is 68.3 Å². The Morgan fingerprint density at radius 1 is 1.05 bits per heavy atom. The van der Waals surface area contributed by atoms with Gasteiger partial charge in [-0.25, -0.2) is 4.79 Å². The van der Waals surface area contributed by atoms with E-state index in [0.29, 0.717) is 18.8 Å². The van der Waals surface area contributed by atoms with Gasteiger partial charge < -0.3 is 24.0 Å². The molecule has 208 valence electrons. The lowest BCUT2D eigenvalue weighted by atomic mass is 10.0. The Morgan fingerprint density at radius 3 is 2.36 bits per heavy atom. The molecule has 39 heavy (non-hydrogen) atoms. The minimum Gasteiger partial charge on any atom is -0.493 e. The number of hydrogen-bond donors (Lipinski definition) is 0. The fourth-order valence-electron chi connectivity index (χ4n) is 4.98. The molecular weight excluding hydrogens is 558 g/mol. The molecule has 0 unspecified atom stereocenters. The number of ether oxygens (including phenoxy) is 3. The van der Waals surface area contributed by atoms with Crippen LogP contribution in [0.4, 0.5) is 10.5 Å². The third-order valence-corrected chi connectivity index (χ3v) is 7.38. The number of methoxy groups -OCH3 is 2. The highest BCUT2D eigenvalue weighted by atomic mass is 79.9. The highest BCUT2D eigenvalue weighted by Gasteiger charge is 2.30. The molecule has 4 rings (SSSR count). The highest BCUT2D eigenvalue weighted by molar-refractivity contribution is 9.10. The molecule has 2 heterocycles. The van der Waals surface area contributed by atoms with Gasteiger partial charge in [-0.05, 0) is 100 Å². The van der Waals surface area contributed by atoms with E-state index < -0.39 is 5.60 Å². The molecule has 0 saturated carbocycles. The molecule has 0 N–H and O–H groups in total. The lowest BCUT2D eigenvalue weighted by molar-refractivity contribution is 0.0204. The summed E-state index contributed by atoms with van der Waals surface area (Å²) in [5.41, 5.74) is 4.66. The minimum absolute atomic E-state index is 0.236.